The van der Waals surface area contributed by atoms with Gasteiger partial charge in [0.2, 0.25) is 0 Å². The Morgan fingerprint density at radius 2 is 1.58 bits per heavy atom. The SMILES string of the molecule is COC(=O)C(Cc1ccc(OC2CCN(c3ccccc3)CC2)cc1)NC(=O)c1c(Cl)cccc1Cl. The molecule has 0 spiro atoms. The number of ether oxygens (including phenoxy) is 2. The van der Waals surface area contributed by atoms with Crippen molar-refractivity contribution < 1.29 is 19.1 Å². The Morgan fingerprint density at radius 3 is 2.19 bits per heavy atom. The highest BCUT2D eigenvalue weighted by Gasteiger charge is 2.25. The van der Waals surface area contributed by atoms with Gasteiger partial charge in [0.25, 0.3) is 5.91 Å². The van der Waals surface area contributed by atoms with Crippen LogP contribution in [0, 0.1) is 0 Å². The Kier molecular flexibility index (Phi) is 8.73. The van der Waals surface area contributed by atoms with E-state index < -0.39 is 17.9 Å². The number of anilines is 1. The Balaban J connectivity index is 1.34. The van der Waals surface area contributed by atoms with Gasteiger partial charge in [0.05, 0.1) is 22.7 Å². The smallest absolute Gasteiger partial charge is 0.328 e. The second-order valence-corrected chi connectivity index (χ2v) is 9.45. The number of benzene rings is 3. The average molecular weight is 527 g/mol. The third kappa shape index (κ3) is 6.50. The Morgan fingerprint density at radius 1 is 0.944 bits per heavy atom. The lowest BCUT2D eigenvalue weighted by Crippen LogP contribution is -2.43. The van der Waals surface area contributed by atoms with Crippen molar-refractivity contribution in [2.45, 2.75) is 31.4 Å². The van der Waals surface area contributed by atoms with Crippen LogP contribution in [-0.2, 0) is 16.0 Å². The first-order chi connectivity index (χ1) is 17.4. The number of hydrogen-bond acceptors (Lipinski definition) is 5. The third-order valence-electron chi connectivity index (χ3n) is 6.21. The highest BCUT2D eigenvalue weighted by molar-refractivity contribution is 6.39. The summed E-state index contributed by atoms with van der Waals surface area (Å²) in [6, 6.07) is 21.8. The maximum Gasteiger partial charge on any atom is 0.328 e. The maximum atomic E-state index is 12.8. The molecule has 1 saturated heterocycles. The van der Waals surface area contributed by atoms with Gasteiger partial charge in [0.1, 0.15) is 17.9 Å². The Hall–Kier alpha value is -3.22. The molecule has 188 valence electrons. The van der Waals surface area contributed by atoms with Gasteiger partial charge in [-0.1, -0.05) is 59.6 Å². The number of esters is 1. The fourth-order valence-electron chi connectivity index (χ4n) is 4.28. The number of methoxy groups -OCH3 is 1. The van der Waals surface area contributed by atoms with Gasteiger partial charge in [-0.2, -0.15) is 0 Å². The molecule has 8 heteroatoms. The molecule has 1 heterocycles. The van der Waals surface area contributed by atoms with E-state index in [4.69, 9.17) is 32.7 Å². The number of nitrogens with zero attached hydrogens (tertiary/aromatic N) is 1. The maximum absolute atomic E-state index is 12.8. The number of nitrogens with one attached hydrogen (secondary N) is 1. The highest BCUT2D eigenvalue weighted by Crippen LogP contribution is 2.25. The van der Waals surface area contributed by atoms with Gasteiger partial charge in [-0.3, -0.25) is 4.79 Å². The summed E-state index contributed by atoms with van der Waals surface area (Å²) in [5.74, 6) is -0.321. The molecule has 1 atom stereocenters. The molecule has 1 N–H and O–H groups in total. The van der Waals surface area contributed by atoms with E-state index in [0.29, 0.717) is 0 Å². The van der Waals surface area contributed by atoms with E-state index in [1.54, 1.807) is 18.2 Å². The normalized spacial score (nSPS) is 14.7. The molecule has 0 aliphatic carbocycles. The molecule has 4 rings (SSSR count). The van der Waals surface area contributed by atoms with Gasteiger partial charge in [-0.25, -0.2) is 4.79 Å². The van der Waals surface area contributed by atoms with Crippen LogP contribution in [0.25, 0.3) is 0 Å². The molecule has 1 aliphatic heterocycles. The second kappa shape index (κ2) is 12.2. The van der Waals surface area contributed by atoms with E-state index in [0.717, 1.165) is 37.2 Å². The van der Waals surface area contributed by atoms with Crippen molar-refractivity contribution in [3.05, 3.63) is 94.0 Å². The number of carbonyl (C=O) groups is 2. The number of amides is 1. The van der Waals surface area contributed by atoms with Gasteiger partial charge in [-0.05, 0) is 42.0 Å². The number of piperidine rings is 1. The van der Waals surface area contributed by atoms with Crippen LogP contribution in [-0.4, -0.2) is 44.2 Å². The summed E-state index contributed by atoms with van der Waals surface area (Å²) in [5.41, 5.74) is 2.21. The minimum absolute atomic E-state index is 0.122. The van der Waals surface area contributed by atoms with Crippen LogP contribution in [0.15, 0.2) is 72.8 Å². The van der Waals surface area contributed by atoms with Crippen LogP contribution >= 0.6 is 23.2 Å². The predicted molar refractivity (Wildman–Crippen MR) is 142 cm³/mol. The highest BCUT2D eigenvalue weighted by atomic mass is 35.5. The van der Waals surface area contributed by atoms with E-state index in [2.05, 4.69) is 34.5 Å². The first-order valence-electron chi connectivity index (χ1n) is 11.8. The molecular weight excluding hydrogens is 499 g/mol. The lowest BCUT2D eigenvalue weighted by molar-refractivity contribution is -0.142. The molecule has 0 saturated carbocycles. The van der Waals surface area contributed by atoms with Crippen LogP contribution < -0.4 is 15.0 Å². The van der Waals surface area contributed by atoms with E-state index in [1.165, 1.54) is 12.8 Å². The fourth-order valence-corrected chi connectivity index (χ4v) is 4.85. The first-order valence-corrected chi connectivity index (χ1v) is 12.6. The van der Waals surface area contributed by atoms with Crippen molar-refractivity contribution >= 4 is 40.8 Å². The number of para-hydroxylation sites is 1. The molecule has 1 fully saturated rings. The van der Waals surface area contributed by atoms with Crippen molar-refractivity contribution in [1.29, 1.82) is 0 Å². The van der Waals surface area contributed by atoms with E-state index in [9.17, 15) is 9.59 Å². The summed E-state index contributed by atoms with van der Waals surface area (Å²) in [5, 5.41) is 3.11. The first kappa shape index (κ1) is 25.9. The monoisotopic (exact) mass is 526 g/mol. The van der Waals surface area contributed by atoms with Crippen molar-refractivity contribution in [3.63, 3.8) is 0 Å². The van der Waals surface area contributed by atoms with Crippen molar-refractivity contribution in [2.24, 2.45) is 0 Å². The molecule has 6 nitrogen and oxygen atoms in total. The number of rotatable bonds is 8. The molecule has 1 amide bonds. The number of hydrogen-bond donors (Lipinski definition) is 1. The van der Waals surface area contributed by atoms with Crippen LogP contribution in [0.3, 0.4) is 0 Å². The minimum Gasteiger partial charge on any atom is -0.490 e. The van der Waals surface area contributed by atoms with E-state index >= 15 is 0 Å². The molecular formula is C28H28Cl2N2O4. The summed E-state index contributed by atoms with van der Waals surface area (Å²) in [7, 11) is 1.28. The van der Waals surface area contributed by atoms with Crippen molar-refractivity contribution in [1.82, 2.24) is 5.32 Å². The van der Waals surface area contributed by atoms with E-state index in [1.807, 2.05) is 30.3 Å². The van der Waals surface area contributed by atoms with Crippen LogP contribution in [0.4, 0.5) is 5.69 Å². The molecule has 3 aromatic carbocycles. The summed E-state index contributed by atoms with van der Waals surface area (Å²) in [6.07, 6.45) is 2.28. The number of halogens is 2. The molecule has 1 unspecified atom stereocenters. The fraction of sp³-hybridized carbons (Fsp3) is 0.286. The molecule has 0 radical (unpaired) electrons. The molecule has 36 heavy (non-hydrogen) atoms. The standard InChI is InChI=1S/C28H28Cl2N2O4/c1-35-28(34)25(31-27(33)26-23(29)8-5-9-24(26)30)18-19-10-12-21(13-11-19)36-22-14-16-32(17-15-22)20-6-3-2-4-7-20/h2-13,22,25H,14-18H2,1H3,(H,31,33). The van der Waals surface area contributed by atoms with Gasteiger partial charge in [0, 0.05) is 38.0 Å². The van der Waals surface area contributed by atoms with Crippen LogP contribution in [0.5, 0.6) is 5.75 Å². The zero-order valence-electron chi connectivity index (χ0n) is 20.0. The van der Waals surface area contributed by atoms with E-state index in [-0.39, 0.29) is 28.1 Å². The summed E-state index contributed by atoms with van der Waals surface area (Å²) in [6.45, 7) is 1.89. The summed E-state index contributed by atoms with van der Waals surface area (Å²) in [4.78, 5) is 27.5. The van der Waals surface area contributed by atoms with Gasteiger partial charge < -0.3 is 19.7 Å². The largest absolute Gasteiger partial charge is 0.490 e. The quantitative estimate of drug-likeness (QED) is 0.389. The van der Waals surface area contributed by atoms with Gasteiger partial charge in [0.15, 0.2) is 0 Å². The summed E-state index contributed by atoms with van der Waals surface area (Å²) >= 11 is 12.3. The van der Waals surface area contributed by atoms with Gasteiger partial charge in [-0.15, -0.1) is 0 Å². The average Bonchev–Trinajstić information content (AvgIpc) is 2.90. The van der Waals surface area contributed by atoms with Crippen molar-refractivity contribution in [3.8, 4) is 5.75 Å². The predicted octanol–water partition coefficient (Wildman–Crippen LogP) is 5.56. The van der Waals surface area contributed by atoms with Crippen molar-refractivity contribution in [2.75, 3.05) is 25.1 Å². The topological polar surface area (TPSA) is 67.9 Å². The zero-order valence-corrected chi connectivity index (χ0v) is 21.5. The molecule has 0 aromatic heterocycles. The lowest BCUT2D eigenvalue weighted by atomic mass is 10.0. The second-order valence-electron chi connectivity index (χ2n) is 8.63. The molecule has 3 aromatic rings. The molecule has 0 bridgehead atoms. The van der Waals surface area contributed by atoms with Crippen LogP contribution in [0.1, 0.15) is 28.8 Å². The zero-order chi connectivity index (χ0) is 25.5. The minimum atomic E-state index is -0.899. The summed E-state index contributed by atoms with van der Waals surface area (Å²) < 4.78 is 11.1. The Labute approximate surface area is 221 Å². The third-order valence-corrected chi connectivity index (χ3v) is 6.84. The lowest BCUT2D eigenvalue weighted by Gasteiger charge is -2.33. The Bertz CT molecular complexity index is 1160. The molecule has 1 aliphatic rings. The van der Waals surface area contributed by atoms with Crippen LogP contribution in [0.2, 0.25) is 10.0 Å². The number of carbonyl (C=O) groups excluding carboxylic acids is 2. The van der Waals surface area contributed by atoms with Gasteiger partial charge >= 0.3 is 5.97 Å².